The van der Waals surface area contributed by atoms with E-state index in [1.807, 2.05) is 42.5 Å². The van der Waals surface area contributed by atoms with Gasteiger partial charge in [-0.25, -0.2) is 0 Å². The molecule has 0 radical (unpaired) electrons. The summed E-state index contributed by atoms with van der Waals surface area (Å²) in [6.07, 6.45) is 8.77. The number of nitrogens with zero attached hydrogens (tertiary/aromatic N) is 2. The van der Waals surface area contributed by atoms with Crippen LogP contribution in [0.1, 0.15) is 56.1 Å². The quantitative estimate of drug-likeness (QED) is 0.0990. The van der Waals surface area contributed by atoms with Gasteiger partial charge in [-0.1, -0.05) is 79.2 Å². The highest BCUT2D eigenvalue weighted by atomic mass is 35.5. The van der Waals surface area contributed by atoms with Gasteiger partial charge in [0.15, 0.2) is 12.4 Å². The van der Waals surface area contributed by atoms with E-state index < -0.39 is 0 Å². The Morgan fingerprint density at radius 3 is 2.46 bits per heavy atom. The third-order valence-electron chi connectivity index (χ3n) is 8.89. The topological polar surface area (TPSA) is 94.1 Å². The summed E-state index contributed by atoms with van der Waals surface area (Å²) in [5.41, 5.74) is 3.45. The molecule has 0 saturated heterocycles. The number of anilines is 2. The standard InChI is InChI=1S/C36H44Cl2N4O4/c37-30-14-12-26(24-31(30)38)17-21-41(28-8-6-3-7-9-28)22-18-34(45)42(29-10-4-1-2-5-11-29)23-20-39-19-16-27-13-15-32(43)35-36(27)46-25-33(44)40-35/h3,6-9,12-15,24,29,39,43H,1-2,4-5,10-11,16-23,25H2,(H,40,44). The molecule has 1 aliphatic heterocycles. The molecule has 3 aromatic carbocycles. The van der Waals surface area contributed by atoms with Gasteiger partial charge in [0.2, 0.25) is 5.91 Å². The number of halogens is 2. The zero-order chi connectivity index (χ0) is 32.3. The second kappa shape index (κ2) is 16.9. The average Bonchev–Trinajstić information content (AvgIpc) is 3.35. The second-order valence-electron chi connectivity index (χ2n) is 12.1. The van der Waals surface area contributed by atoms with E-state index in [9.17, 15) is 14.7 Å². The number of rotatable bonds is 14. The fraction of sp³-hybridized carbons (Fsp3) is 0.444. The Bertz CT molecular complexity index is 1460. The molecule has 0 atom stereocenters. The average molecular weight is 668 g/mol. The molecule has 246 valence electrons. The number of hydrogen-bond acceptors (Lipinski definition) is 6. The summed E-state index contributed by atoms with van der Waals surface area (Å²) in [6, 6.07) is 19.7. The number of fused-ring (bicyclic) bond motifs is 1. The highest BCUT2D eigenvalue weighted by Gasteiger charge is 2.25. The van der Waals surface area contributed by atoms with Crippen LogP contribution in [0.25, 0.3) is 0 Å². The maximum atomic E-state index is 13.9. The summed E-state index contributed by atoms with van der Waals surface area (Å²) in [7, 11) is 0. The molecule has 1 aliphatic carbocycles. The number of benzene rings is 3. The predicted molar refractivity (Wildman–Crippen MR) is 185 cm³/mol. The maximum absolute atomic E-state index is 13.9. The van der Waals surface area contributed by atoms with Crippen LogP contribution in [0.4, 0.5) is 11.4 Å². The Labute approximate surface area is 282 Å². The van der Waals surface area contributed by atoms with Crippen molar-refractivity contribution in [1.82, 2.24) is 10.2 Å². The Morgan fingerprint density at radius 2 is 1.70 bits per heavy atom. The summed E-state index contributed by atoms with van der Waals surface area (Å²) < 4.78 is 5.63. The Morgan fingerprint density at radius 1 is 0.913 bits per heavy atom. The van der Waals surface area contributed by atoms with Crippen molar-refractivity contribution in [3.63, 3.8) is 0 Å². The molecule has 0 bridgehead atoms. The fourth-order valence-electron chi connectivity index (χ4n) is 6.38. The number of carbonyl (C=O) groups excluding carboxylic acids is 2. The first kappa shape index (κ1) is 33.9. The number of phenols is 1. The minimum atomic E-state index is -0.278. The normalized spacial score (nSPS) is 15.0. The number of amides is 2. The van der Waals surface area contributed by atoms with Crippen molar-refractivity contribution in [3.8, 4) is 11.5 Å². The molecule has 0 spiro atoms. The molecule has 46 heavy (non-hydrogen) atoms. The summed E-state index contributed by atoms with van der Waals surface area (Å²) >= 11 is 12.4. The predicted octanol–water partition coefficient (Wildman–Crippen LogP) is 6.85. The molecule has 1 heterocycles. The molecule has 2 amide bonds. The van der Waals surface area contributed by atoms with Gasteiger partial charge >= 0.3 is 0 Å². The van der Waals surface area contributed by atoms with Gasteiger partial charge in [-0.05, 0) is 73.7 Å². The molecule has 10 heteroatoms. The molecule has 1 saturated carbocycles. The van der Waals surface area contributed by atoms with Gasteiger partial charge in [0.1, 0.15) is 11.4 Å². The van der Waals surface area contributed by atoms with Gasteiger partial charge in [-0.2, -0.15) is 0 Å². The van der Waals surface area contributed by atoms with Crippen LogP contribution in [0.2, 0.25) is 10.0 Å². The molecular weight excluding hydrogens is 623 g/mol. The van der Waals surface area contributed by atoms with E-state index in [0.717, 1.165) is 55.5 Å². The van der Waals surface area contributed by atoms with Crippen LogP contribution in [0.3, 0.4) is 0 Å². The first-order valence-electron chi connectivity index (χ1n) is 16.4. The van der Waals surface area contributed by atoms with Gasteiger partial charge in [-0.3, -0.25) is 9.59 Å². The van der Waals surface area contributed by atoms with Gasteiger partial charge in [0.25, 0.3) is 5.91 Å². The van der Waals surface area contributed by atoms with Crippen molar-refractivity contribution < 1.29 is 19.4 Å². The van der Waals surface area contributed by atoms with Crippen LogP contribution in [0.15, 0.2) is 60.7 Å². The van der Waals surface area contributed by atoms with Crippen LogP contribution in [-0.4, -0.2) is 67.2 Å². The highest BCUT2D eigenvalue weighted by Crippen LogP contribution is 2.39. The molecule has 3 N–H and O–H groups in total. The number of carbonyl (C=O) groups is 2. The van der Waals surface area contributed by atoms with Crippen molar-refractivity contribution >= 4 is 46.4 Å². The van der Waals surface area contributed by atoms with Crippen molar-refractivity contribution in [1.29, 1.82) is 0 Å². The van der Waals surface area contributed by atoms with Gasteiger partial charge < -0.3 is 30.3 Å². The summed E-state index contributed by atoms with van der Waals surface area (Å²) in [6.45, 7) is 3.33. The monoisotopic (exact) mass is 666 g/mol. The molecule has 0 unspecified atom stereocenters. The largest absolute Gasteiger partial charge is 0.506 e. The lowest BCUT2D eigenvalue weighted by Gasteiger charge is -2.33. The zero-order valence-corrected chi connectivity index (χ0v) is 27.8. The first-order valence-corrected chi connectivity index (χ1v) is 17.2. The van der Waals surface area contributed by atoms with Gasteiger partial charge in [0.05, 0.1) is 10.0 Å². The van der Waals surface area contributed by atoms with E-state index in [1.165, 1.54) is 12.8 Å². The summed E-state index contributed by atoms with van der Waals surface area (Å²) in [5, 5.41) is 17.5. The smallest absolute Gasteiger partial charge is 0.262 e. The van der Waals surface area contributed by atoms with Crippen molar-refractivity contribution in [2.75, 3.05) is 49.5 Å². The van der Waals surface area contributed by atoms with Crippen LogP contribution >= 0.6 is 23.2 Å². The Kier molecular flexibility index (Phi) is 12.5. The number of ether oxygens (including phenoxy) is 1. The lowest BCUT2D eigenvalue weighted by Crippen LogP contribution is -2.45. The van der Waals surface area contributed by atoms with Crippen LogP contribution in [0.5, 0.6) is 11.5 Å². The number of para-hydroxylation sites is 1. The molecule has 5 rings (SSSR count). The molecule has 1 fully saturated rings. The van der Waals surface area contributed by atoms with E-state index in [0.29, 0.717) is 60.5 Å². The Balaban J connectivity index is 1.18. The number of phenolic OH excluding ortho intramolecular Hbond substituents is 1. The van der Waals surface area contributed by atoms with Gasteiger partial charge in [-0.15, -0.1) is 0 Å². The van der Waals surface area contributed by atoms with Crippen molar-refractivity contribution in [2.24, 2.45) is 0 Å². The fourth-order valence-corrected chi connectivity index (χ4v) is 6.70. The van der Waals surface area contributed by atoms with E-state index in [4.69, 9.17) is 27.9 Å². The van der Waals surface area contributed by atoms with E-state index >= 15 is 0 Å². The van der Waals surface area contributed by atoms with Crippen LogP contribution in [-0.2, 0) is 22.4 Å². The number of hydrogen-bond donors (Lipinski definition) is 3. The third-order valence-corrected chi connectivity index (χ3v) is 9.63. The van der Waals surface area contributed by atoms with Gasteiger partial charge in [0, 0.05) is 44.3 Å². The number of nitrogens with one attached hydrogen (secondary N) is 2. The SMILES string of the molecule is O=C1COc2c(CCNCCN(C(=O)CCN(CCc3ccc(Cl)c(Cl)c3)c3ccccc3)C3CCCCCC3)ccc(O)c2N1. The summed E-state index contributed by atoms with van der Waals surface area (Å²) in [4.78, 5) is 30.1. The molecule has 3 aromatic rings. The zero-order valence-electron chi connectivity index (χ0n) is 26.3. The molecule has 8 nitrogen and oxygen atoms in total. The molecular formula is C36H44Cl2N4O4. The lowest BCUT2D eigenvalue weighted by molar-refractivity contribution is -0.133. The summed E-state index contributed by atoms with van der Waals surface area (Å²) in [5.74, 6) is 0.442. The number of aromatic hydroxyl groups is 1. The van der Waals surface area contributed by atoms with E-state index in [-0.39, 0.29) is 30.2 Å². The second-order valence-corrected chi connectivity index (χ2v) is 12.9. The van der Waals surface area contributed by atoms with E-state index in [1.54, 1.807) is 6.07 Å². The van der Waals surface area contributed by atoms with Crippen molar-refractivity contribution in [3.05, 3.63) is 81.8 Å². The minimum absolute atomic E-state index is 0.00230. The van der Waals surface area contributed by atoms with Crippen LogP contribution < -0.4 is 20.3 Å². The molecule has 0 aromatic heterocycles. The highest BCUT2D eigenvalue weighted by molar-refractivity contribution is 6.42. The van der Waals surface area contributed by atoms with Crippen LogP contribution in [0, 0.1) is 0 Å². The van der Waals surface area contributed by atoms with Crippen molar-refractivity contribution in [2.45, 2.75) is 63.8 Å². The first-order chi connectivity index (χ1) is 22.4. The minimum Gasteiger partial charge on any atom is -0.506 e. The maximum Gasteiger partial charge on any atom is 0.262 e. The third kappa shape index (κ3) is 9.30. The Hall–Kier alpha value is -3.46. The van der Waals surface area contributed by atoms with E-state index in [2.05, 4.69) is 32.6 Å². The lowest BCUT2D eigenvalue weighted by atomic mass is 10.1. The molecule has 2 aliphatic rings.